The minimum atomic E-state index is -4.22. The Bertz CT molecular complexity index is 634. The highest BCUT2D eigenvalue weighted by Gasteiger charge is 2.31. The van der Waals surface area contributed by atoms with Crippen LogP contribution in [0.4, 0.5) is 10.1 Å². The molecule has 0 radical (unpaired) electrons. The lowest BCUT2D eigenvalue weighted by Crippen LogP contribution is -2.43. The van der Waals surface area contributed by atoms with Crippen LogP contribution in [0.5, 0.6) is 0 Å². The topological polar surface area (TPSA) is 106 Å². The summed E-state index contributed by atoms with van der Waals surface area (Å²) in [6.07, 6.45) is 0. The molecule has 6 nitrogen and oxygen atoms in total. The van der Waals surface area contributed by atoms with Crippen molar-refractivity contribution in [2.24, 2.45) is 5.73 Å². The van der Waals surface area contributed by atoms with E-state index in [0.717, 1.165) is 10.4 Å². The Morgan fingerprint density at radius 1 is 1.45 bits per heavy atom. The van der Waals surface area contributed by atoms with Gasteiger partial charge in [-0.05, 0) is 41.9 Å². The number of carbonyl (C=O) groups excluding carboxylic acids is 1. The molecule has 0 aliphatic carbocycles. The van der Waals surface area contributed by atoms with Crippen LogP contribution >= 0.6 is 15.9 Å². The maximum Gasteiger partial charge on any atom is 0.246 e. The quantitative estimate of drug-likeness (QED) is 0.758. The first kappa shape index (κ1) is 16.9. The van der Waals surface area contributed by atoms with Crippen LogP contribution in [0.25, 0.3) is 0 Å². The van der Waals surface area contributed by atoms with Crippen molar-refractivity contribution in [3.63, 3.8) is 0 Å². The van der Waals surface area contributed by atoms with Crippen LogP contribution in [0.15, 0.2) is 21.5 Å². The summed E-state index contributed by atoms with van der Waals surface area (Å²) in [6.45, 7) is 2.57. The van der Waals surface area contributed by atoms with Crippen molar-refractivity contribution in [3.8, 4) is 0 Å². The summed E-state index contributed by atoms with van der Waals surface area (Å²) in [4.78, 5) is 10.4. The van der Waals surface area contributed by atoms with E-state index in [9.17, 15) is 17.6 Å². The van der Waals surface area contributed by atoms with Gasteiger partial charge in [-0.15, -0.1) is 0 Å². The zero-order valence-corrected chi connectivity index (χ0v) is 13.3. The largest absolute Gasteiger partial charge is 0.399 e. The van der Waals surface area contributed by atoms with Crippen molar-refractivity contribution in [1.82, 2.24) is 4.31 Å². The molecule has 0 aliphatic rings. The molecule has 1 amide bonds. The van der Waals surface area contributed by atoms with Crippen LogP contribution in [-0.2, 0) is 14.8 Å². The molecule has 0 saturated heterocycles. The second-order valence-corrected chi connectivity index (χ2v) is 7.14. The second-order valence-electron chi connectivity index (χ2n) is 4.43. The SMILES string of the molecule is CC(C)N(CC(N)=O)S(=O)(=O)c1cc(N)cc(Br)c1F. The fraction of sp³-hybridized carbons (Fsp3) is 0.364. The van der Waals surface area contributed by atoms with Crippen LogP contribution in [0.3, 0.4) is 0 Å². The Hall–Kier alpha value is -1.19. The third-order valence-corrected chi connectivity index (χ3v) is 5.09. The molecule has 20 heavy (non-hydrogen) atoms. The number of anilines is 1. The Balaban J connectivity index is 3.45. The fourth-order valence-corrected chi connectivity index (χ4v) is 3.93. The number of primary amides is 1. The van der Waals surface area contributed by atoms with Crippen molar-refractivity contribution in [3.05, 3.63) is 22.4 Å². The van der Waals surface area contributed by atoms with E-state index in [2.05, 4.69) is 15.9 Å². The van der Waals surface area contributed by atoms with Crippen molar-refractivity contribution in [2.75, 3.05) is 12.3 Å². The van der Waals surface area contributed by atoms with Crippen molar-refractivity contribution < 1.29 is 17.6 Å². The molecule has 0 atom stereocenters. The van der Waals surface area contributed by atoms with Crippen molar-refractivity contribution in [2.45, 2.75) is 24.8 Å². The van der Waals surface area contributed by atoms with Crippen LogP contribution in [0, 0.1) is 5.82 Å². The fourth-order valence-electron chi connectivity index (χ4n) is 1.60. The third-order valence-electron chi connectivity index (χ3n) is 2.49. The molecule has 0 saturated carbocycles. The highest BCUT2D eigenvalue weighted by atomic mass is 79.9. The third kappa shape index (κ3) is 3.47. The van der Waals surface area contributed by atoms with Gasteiger partial charge in [0.15, 0.2) is 5.82 Å². The predicted molar refractivity (Wildman–Crippen MR) is 76.7 cm³/mol. The molecule has 1 aromatic carbocycles. The standard InChI is InChI=1S/C11H15BrFN3O3S/c1-6(2)16(5-10(15)17)20(18,19)9-4-7(14)3-8(12)11(9)13/h3-4,6H,5,14H2,1-2H3,(H2,15,17). The van der Waals surface area contributed by atoms with Gasteiger partial charge >= 0.3 is 0 Å². The number of halogens is 2. The first-order valence-corrected chi connectivity index (χ1v) is 7.85. The van der Waals surface area contributed by atoms with Gasteiger partial charge in [-0.3, -0.25) is 4.79 Å². The lowest BCUT2D eigenvalue weighted by Gasteiger charge is -2.25. The van der Waals surface area contributed by atoms with Gasteiger partial charge in [0.25, 0.3) is 0 Å². The predicted octanol–water partition coefficient (Wildman–Crippen LogP) is 1.05. The molecular weight excluding hydrogens is 353 g/mol. The lowest BCUT2D eigenvalue weighted by molar-refractivity contribution is -0.118. The number of hydrogen-bond donors (Lipinski definition) is 2. The lowest BCUT2D eigenvalue weighted by atomic mass is 10.3. The molecule has 4 N–H and O–H groups in total. The summed E-state index contributed by atoms with van der Waals surface area (Å²) < 4.78 is 39.6. The van der Waals surface area contributed by atoms with E-state index < -0.39 is 39.2 Å². The van der Waals surface area contributed by atoms with E-state index in [1.54, 1.807) is 13.8 Å². The summed E-state index contributed by atoms with van der Waals surface area (Å²) in [6, 6.07) is 1.70. The Morgan fingerprint density at radius 2 is 2.00 bits per heavy atom. The van der Waals surface area contributed by atoms with Gasteiger partial charge < -0.3 is 11.5 Å². The minimum Gasteiger partial charge on any atom is -0.399 e. The molecule has 112 valence electrons. The normalized spacial score (nSPS) is 12.1. The molecule has 0 aromatic heterocycles. The smallest absolute Gasteiger partial charge is 0.246 e. The van der Waals surface area contributed by atoms with Gasteiger partial charge in [0, 0.05) is 11.7 Å². The average molecular weight is 368 g/mol. The number of benzene rings is 1. The van der Waals surface area contributed by atoms with Gasteiger partial charge in [0.2, 0.25) is 15.9 Å². The van der Waals surface area contributed by atoms with Crippen molar-refractivity contribution >= 4 is 37.5 Å². The summed E-state index contributed by atoms with van der Waals surface area (Å²) in [7, 11) is -4.22. The molecule has 0 heterocycles. The number of nitrogens with two attached hydrogens (primary N) is 2. The zero-order chi connectivity index (χ0) is 15.7. The maximum absolute atomic E-state index is 14.0. The molecule has 0 aliphatic heterocycles. The number of hydrogen-bond acceptors (Lipinski definition) is 4. The number of amides is 1. The van der Waals surface area contributed by atoms with Crippen LogP contribution in [0.2, 0.25) is 0 Å². The first-order chi connectivity index (χ1) is 9.07. The molecule has 0 unspecified atom stereocenters. The molecule has 0 fully saturated rings. The average Bonchev–Trinajstić information content (AvgIpc) is 2.29. The molecular formula is C11H15BrFN3O3S. The number of nitrogens with zero attached hydrogens (tertiary/aromatic N) is 1. The molecule has 0 bridgehead atoms. The molecule has 1 aromatic rings. The van der Waals surface area contributed by atoms with E-state index >= 15 is 0 Å². The summed E-state index contributed by atoms with van der Waals surface area (Å²) >= 11 is 2.90. The summed E-state index contributed by atoms with van der Waals surface area (Å²) in [5.41, 5.74) is 10.6. The molecule has 9 heteroatoms. The highest BCUT2D eigenvalue weighted by Crippen LogP contribution is 2.28. The van der Waals surface area contributed by atoms with Gasteiger partial charge in [-0.25, -0.2) is 12.8 Å². The van der Waals surface area contributed by atoms with Crippen molar-refractivity contribution in [1.29, 1.82) is 0 Å². The van der Waals surface area contributed by atoms with Gasteiger partial charge in [0.05, 0.1) is 11.0 Å². The Morgan fingerprint density at radius 3 is 2.45 bits per heavy atom. The van der Waals surface area contributed by atoms with E-state index in [1.807, 2.05) is 0 Å². The van der Waals surface area contributed by atoms with E-state index in [-0.39, 0.29) is 10.2 Å². The summed E-state index contributed by atoms with van der Waals surface area (Å²) in [5, 5.41) is 0. The second kappa shape index (κ2) is 6.06. The van der Waals surface area contributed by atoms with E-state index in [0.29, 0.717) is 0 Å². The Labute approximate surface area is 125 Å². The molecule has 0 spiro atoms. The minimum absolute atomic E-state index is 0.0705. The molecule has 1 rings (SSSR count). The van der Waals surface area contributed by atoms with Crippen LogP contribution < -0.4 is 11.5 Å². The zero-order valence-electron chi connectivity index (χ0n) is 10.9. The number of nitrogen functional groups attached to an aromatic ring is 1. The monoisotopic (exact) mass is 367 g/mol. The number of rotatable bonds is 5. The number of carbonyl (C=O) groups is 1. The summed E-state index contributed by atoms with van der Waals surface area (Å²) in [5.74, 6) is -1.79. The van der Waals surface area contributed by atoms with E-state index in [4.69, 9.17) is 11.5 Å². The first-order valence-electron chi connectivity index (χ1n) is 5.62. The highest BCUT2D eigenvalue weighted by molar-refractivity contribution is 9.10. The van der Waals surface area contributed by atoms with Gasteiger partial charge in [-0.1, -0.05) is 0 Å². The van der Waals surface area contributed by atoms with Crippen LogP contribution in [-0.4, -0.2) is 31.2 Å². The van der Waals surface area contributed by atoms with E-state index in [1.165, 1.54) is 6.07 Å². The van der Waals surface area contributed by atoms with Gasteiger partial charge in [0.1, 0.15) is 4.90 Å². The number of sulfonamides is 1. The van der Waals surface area contributed by atoms with Gasteiger partial charge in [-0.2, -0.15) is 4.31 Å². The van der Waals surface area contributed by atoms with Crippen LogP contribution in [0.1, 0.15) is 13.8 Å². The maximum atomic E-state index is 14.0. The Kier molecular flexibility index (Phi) is 5.11.